The van der Waals surface area contributed by atoms with Crippen LogP contribution in [-0.4, -0.2) is 36.0 Å². The molecule has 2 rings (SSSR count). The third-order valence-corrected chi connectivity index (χ3v) is 3.61. The maximum atomic E-state index is 13.3. The molecule has 0 radical (unpaired) electrons. The van der Waals surface area contributed by atoms with Crippen molar-refractivity contribution in [3.8, 4) is 0 Å². The largest absolute Gasteiger partial charge is 0.465 e. The molecule has 146 valence electrons. The molecule has 0 saturated carbocycles. The molecule has 0 aliphatic carbocycles. The number of ether oxygens (including phenoxy) is 2. The van der Waals surface area contributed by atoms with Crippen LogP contribution in [0.1, 0.15) is 27.6 Å². The van der Waals surface area contributed by atoms with Gasteiger partial charge in [-0.3, -0.25) is 14.9 Å². The van der Waals surface area contributed by atoms with Gasteiger partial charge in [0, 0.05) is 11.8 Å². The highest BCUT2D eigenvalue weighted by Crippen LogP contribution is 2.22. The molecule has 1 unspecified atom stereocenters. The normalized spacial score (nSPS) is 11.2. The highest BCUT2D eigenvalue weighted by Gasteiger charge is 2.21. The first-order valence-electron chi connectivity index (χ1n) is 7.87. The molecule has 0 aromatic heterocycles. The fourth-order valence-corrected chi connectivity index (χ4v) is 2.12. The maximum Gasteiger partial charge on any atom is 0.338 e. The molecule has 0 aliphatic heterocycles. The predicted octanol–water partition coefficient (Wildman–Crippen LogP) is 2.70. The summed E-state index contributed by atoms with van der Waals surface area (Å²) in [6.45, 7) is 1.30. The summed E-state index contributed by atoms with van der Waals surface area (Å²) in [5, 5.41) is 13.0. The maximum absolute atomic E-state index is 13.3. The number of nitrogens with zero attached hydrogens (tertiary/aromatic N) is 1. The van der Waals surface area contributed by atoms with Gasteiger partial charge in [0.05, 0.1) is 23.2 Å². The molecule has 1 atom stereocenters. The first-order chi connectivity index (χ1) is 13.2. The second kappa shape index (κ2) is 8.71. The Hall–Kier alpha value is -3.82. The van der Waals surface area contributed by atoms with E-state index in [9.17, 15) is 28.9 Å². The summed E-state index contributed by atoms with van der Waals surface area (Å²) < 4.78 is 22.9. The number of nitro groups is 1. The number of carbonyl (C=O) groups is 3. The number of amides is 1. The van der Waals surface area contributed by atoms with Gasteiger partial charge in [-0.15, -0.1) is 0 Å². The molecule has 0 fully saturated rings. The number of methoxy groups -OCH3 is 1. The fraction of sp³-hybridized carbons (Fsp3) is 0.167. The molecule has 2 aromatic carbocycles. The molecule has 1 amide bonds. The third-order valence-electron chi connectivity index (χ3n) is 3.61. The Bertz CT molecular complexity index is 928. The molecule has 10 heteroatoms. The van der Waals surface area contributed by atoms with Crippen molar-refractivity contribution >= 4 is 29.2 Å². The van der Waals surface area contributed by atoms with Crippen molar-refractivity contribution in [2.75, 3.05) is 12.4 Å². The van der Waals surface area contributed by atoms with Gasteiger partial charge in [-0.05, 0) is 43.3 Å². The van der Waals surface area contributed by atoms with Gasteiger partial charge in [0.1, 0.15) is 0 Å². The molecule has 0 aliphatic rings. The van der Waals surface area contributed by atoms with Crippen molar-refractivity contribution in [2.45, 2.75) is 13.0 Å². The minimum Gasteiger partial charge on any atom is -0.465 e. The van der Waals surface area contributed by atoms with Crippen molar-refractivity contribution in [3.63, 3.8) is 0 Å². The molecule has 9 nitrogen and oxygen atoms in total. The van der Waals surface area contributed by atoms with Gasteiger partial charge in [-0.1, -0.05) is 0 Å². The van der Waals surface area contributed by atoms with E-state index in [1.165, 1.54) is 38.3 Å². The minimum absolute atomic E-state index is 0.0246. The number of rotatable bonds is 6. The monoisotopic (exact) mass is 390 g/mol. The van der Waals surface area contributed by atoms with Gasteiger partial charge in [0.15, 0.2) is 6.10 Å². The van der Waals surface area contributed by atoms with Gasteiger partial charge in [-0.25, -0.2) is 9.59 Å². The van der Waals surface area contributed by atoms with E-state index < -0.39 is 40.4 Å². The predicted molar refractivity (Wildman–Crippen MR) is 94.3 cm³/mol. The molecule has 0 saturated heterocycles. The van der Waals surface area contributed by atoms with Gasteiger partial charge >= 0.3 is 17.6 Å². The van der Waals surface area contributed by atoms with Crippen molar-refractivity contribution in [1.29, 1.82) is 0 Å². The van der Waals surface area contributed by atoms with Crippen molar-refractivity contribution < 1.29 is 33.2 Å². The molecule has 0 spiro atoms. The van der Waals surface area contributed by atoms with Crippen LogP contribution >= 0.6 is 0 Å². The highest BCUT2D eigenvalue weighted by molar-refractivity contribution is 5.98. The SMILES string of the molecule is COC(=O)c1ccc(C(=O)OC(C)C(=O)Nc2ccc(F)c([N+](=O)[O-])c2)cc1. The van der Waals surface area contributed by atoms with Crippen LogP contribution in [0.25, 0.3) is 0 Å². The van der Waals surface area contributed by atoms with Crippen LogP contribution in [-0.2, 0) is 14.3 Å². The summed E-state index contributed by atoms with van der Waals surface area (Å²) in [4.78, 5) is 45.4. The first-order valence-corrected chi connectivity index (χ1v) is 7.87. The van der Waals surface area contributed by atoms with Crippen molar-refractivity contribution in [1.82, 2.24) is 0 Å². The standard InChI is InChI=1S/C18H15FN2O7/c1-10(16(22)20-13-7-8-14(19)15(9-13)21(25)26)28-18(24)12-5-3-11(4-6-12)17(23)27-2/h3-10H,1-2H3,(H,20,22). The number of hydrogen-bond acceptors (Lipinski definition) is 7. The van der Waals surface area contributed by atoms with Crippen molar-refractivity contribution in [3.05, 3.63) is 69.5 Å². The lowest BCUT2D eigenvalue weighted by Gasteiger charge is -2.13. The molecule has 0 heterocycles. The van der Waals surface area contributed by atoms with E-state index in [0.717, 1.165) is 18.2 Å². The number of anilines is 1. The van der Waals surface area contributed by atoms with E-state index >= 15 is 0 Å². The Morgan fingerprint density at radius 1 is 1.07 bits per heavy atom. The second-order valence-electron chi connectivity index (χ2n) is 5.53. The fourth-order valence-electron chi connectivity index (χ4n) is 2.12. The van der Waals surface area contributed by atoms with Crippen LogP contribution in [0.4, 0.5) is 15.8 Å². The van der Waals surface area contributed by atoms with Gasteiger partial charge < -0.3 is 14.8 Å². The van der Waals surface area contributed by atoms with Gasteiger partial charge in [-0.2, -0.15) is 4.39 Å². The molecular weight excluding hydrogens is 375 g/mol. The van der Waals surface area contributed by atoms with E-state index in [4.69, 9.17) is 4.74 Å². The minimum atomic E-state index is -1.24. The van der Waals surface area contributed by atoms with Crippen molar-refractivity contribution in [2.24, 2.45) is 0 Å². The summed E-state index contributed by atoms with van der Waals surface area (Å²) in [5.41, 5.74) is -0.482. The molecule has 2 aromatic rings. The molecule has 1 N–H and O–H groups in total. The number of esters is 2. The molecular formula is C18H15FN2O7. The van der Waals surface area contributed by atoms with E-state index in [1.807, 2.05) is 0 Å². The summed E-state index contributed by atoms with van der Waals surface area (Å²) >= 11 is 0. The topological polar surface area (TPSA) is 125 Å². The van der Waals surface area contributed by atoms with E-state index in [0.29, 0.717) is 0 Å². The van der Waals surface area contributed by atoms with E-state index in [1.54, 1.807) is 0 Å². The zero-order valence-electron chi connectivity index (χ0n) is 14.8. The Labute approximate surface area is 158 Å². The number of nitrogens with one attached hydrogen (secondary N) is 1. The zero-order valence-corrected chi connectivity index (χ0v) is 14.8. The van der Waals surface area contributed by atoms with Crippen LogP contribution in [0, 0.1) is 15.9 Å². The second-order valence-corrected chi connectivity index (χ2v) is 5.53. The van der Waals surface area contributed by atoms with Crippen LogP contribution in [0.2, 0.25) is 0 Å². The Morgan fingerprint density at radius 3 is 2.18 bits per heavy atom. The quantitative estimate of drug-likeness (QED) is 0.457. The summed E-state index contributed by atoms with van der Waals surface area (Å²) in [6.07, 6.45) is -1.24. The summed E-state index contributed by atoms with van der Waals surface area (Å²) in [7, 11) is 1.22. The molecule has 28 heavy (non-hydrogen) atoms. The number of nitro benzene ring substituents is 1. The van der Waals surface area contributed by atoms with Crippen LogP contribution in [0.5, 0.6) is 0 Å². The van der Waals surface area contributed by atoms with E-state index in [-0.39, 0.29) is 16.8 Å². The number of benzene rings is 2. The lowest BCUT2D eigenvalue weighted by molar-refractivity contribution is -0.387. The van der Waals surface area contributed by atoms with Crippen LogP contribution in [0.3, 0.4) is 0 Å². The van der Waals surface area contributed by atoms with Crippen LogP contribution in [0.15, 0.2) is 42.5 Å². The smallest absolute Gasteiger partial charge is 0.338 e. The Morgan fingerprint density at radius 2 is 1.64 bits per heavy atom. The number of carbonyl (C=O) groups excluding carboxylic acids is 3. The van der Waals surface area contributed by atoms with Gasteiger partial charge in [0.2, 0.25) is 5.82 Å². The zero-order chi connectivity index (χ0) is 20.8. The Kier molecular flexibility index (Phi) is 6.38. The average Bonchev–Trinajstić information content (AvgIpc) is 2.68. The third kappa shape index (κ3) is 4.87. The average molecular weight is 390 g/mol. The molecule has 0 bridgehead atoms. The summed E-state index contributed by atoms with van der Waals surface area (Å²) in [5.74, 6) is -3.19. The lowest BCUT2D eigenvalue weighted by Crippen LogP contribution is -2.30. The Balaban J connectivity index is 2.02. The number of hydrogen-bond donors (Lipinski definition) is 1. The highest BCUT2D eigenvalue weighted by atomic mass is 19.1. The summed E-state index contributed by atoms with van der Waals surface area (Å²) in [6, 6.07) is 8.24. The van der Waals surface area contributed by atoms with E-state index in [2.05, 4.69) is 10.1 Å². The van der Waals surface area contributed by atoms with Crippen LogP contribution < -0.4 is 5.32 Å². The van der Waals surface area contributed by atoms with Gasteiger partial charge in [0.25, 0.3) is 5.91 Å². The lowest BCUT2D eigenvalue weighted by atomic mass is 10.1. The first kappa shape index (κ1) is 20.5. The number of halogens is 1.